The fraction of sp³-hybridized carbons (Fsp3) is 0.474. The second-order valence-corrected chi connectivity index (χ2v) is 6.56. The summed E-state index contributed by atoms with van der Waals surface area (Å²) in [7, 11) is 1.67. The normalized spacial score (nSPS) is 18.9. The van der Waals surface area contributed by atoms with Gasteiger partial charge in [0.1, 0.15) is 23.7 Å². The third-order valence-electron chi connectivity index (χ3n) is 4.95. The summed E-state index contributed by atoms with van der Waals surface area (Å²) in [5, 5.41) is 3.36. The third-order valence-corrected chi connectivity index (χ3v) is 4.95. The molecule has 7 nitrogen and oxygen atoms in total. The Bertz CT molecular complexity index is 722. The van der Waals surface area contributed by atoms with E-state index in [1.54, 1.807) is 13.4 Å². The Morgan fingerprint density at radius 1 is 1.12 bits per heavy atom. The molecule has 3 heterocycles. The number of methoxy groups -OCH3 is 1. The highest BCUT2D eigenvalue weighted by Crippen LogP contribution is 2.32. The highest BCUT2D eigenvalue weighted by molar-refractivity contribution is 5.49. The zero-order chi connectivity index (χ0) is 17.8. The Morgan fingerprint density at radius 2 is 1.85 bits per heavy atom. The van der Waals surface area contributed by atoms with Crippen LogP contribution in [0.3, 0.4) is 0 Å². The van der Waals surface area contributed by atoms with Gasteiger partial charge in [-0.1, -0.05) is 12.1 Å². The molecule has 138 valence electrons. The van der Waals surface area contributed by atoms with Crippen LogP contribution in [0.1, 0.15) is 18.4 Å². The number of aromatic nitrogens is 2. The molecule has 2 aliphatic rings. The average molecular weight is 356 g/mol. The lowest BCUT2D eigenvalue weighted by Gasteiger charge is -2.38. The van der Waals surface area contributed by atoms with E-state index in [1.165, 1.54) is 5.56 Å². The number of anilines is 2. The van der Waals surface area contributed by atoms with E-state index in [2.05, 4.69) is 20.2 Å². The fourth-order valence-corrected chi connectivity index (χ4v) is 3.41. The standard InChI is InChI=1S/C19H24N4O3/c1-24-16-4-2-15(3-5-16)13-20-17-12-18(22-14-21-17)23-8-6-19(7-9-23)25-10-11-26-19/h2-5,12,14H,6-11,13H2,1H3,(H,20,21,22). The SMILES string of the molecule is COc1ccc(CNc2cc(N3CCC4(CC3)OCCO4)ncn2)cc1. The highest BCUT2D eigenvalue weighted by Gasteiger charge is 2.40. The number of rotatable bonds is 5. The predicted octanol–water partition coefficient (Wildman–Crippen LogP) is 2.44. The zero-order valence-corrected chi connectivity index (χ0v) is 15.0. The first-order chi connectivity index (χ1) is 12.8. The molecule has 1 spiro atoms. The molecule has 1 aromatic heterocycles. The summed E-state index contributed by atoms with van der Waals surface area (Å²) in [6.07, 6.45) is 3.34. The maximum absolute atomic E-state index is 5.79. The third kappa shape index (κ3) is 3.73. The molecule has 2 aliphatic heterocycles. The van der Waals surface area contributed by atoms with Crippen LogP contribution in [0.4, 0.5) is 11.6 Å². The summed E-state index contributed by atoms with van der Waals surface area (Å²) in [4.78, 5) is 11.0. The van der Waals surface area contributed by atoms with Gasteiger partial charge < -0.3 is 24.4 Å². The number of hydrogen-bond donors (Lipinski definition) is 1. The molecule has 2 fully saturated rings. The quantitative estimate of drug-likeness (QED) is 0.882. The van der Waals surface area contributed by atoms with Crippen molar-refractivity contribution in [3.63, 3.8) is 0 Å². The van der Waals surface area contributed by atoms with E-state index in [0.29, 0.717) is 19.8 Å². The van der Waals surface area contributed by atoms with Crippen LogP contribution in [0.2, 0.25) is 0 Å². The number of ether oxygens (including phenoxy) is 3. The van der Waals surface area contributed by atoms with E-state index in [4.69, 9.17) is 14.2 Å². The minimum atomic E-state index is -0.362. The number of nitrogens with zero attached hydrogens (tertiary/aromatic N) is 3. The highest BCUT2D eigenvalue weighted by atomic mass is 16.7. The first kappa shape index (κ1) is 17.1. The minimum Gasteiger partial charge on any atom is -0.497 e. The zero-order valence-electron chi connectivity index (χ0n) is 15.0. The van der Waals surface area contributed by atoms with Gasteiger partial charge in [-0.2, -0.15) is 0 Å². The van der Waals surface area contributed by atoms with Crippen molar-refractivity contribution in [1.29, 1.82) is 0 Å². The Labute approximate surface area is 153 Å². The summed E-state index contributed by atoms with van der Waals surface area (Å²) in [5.41, 5.74) is 1.17. The molecule has 0 unspecified atom stereocenters. The number of hydrogen-bond acceptors (Lipinski definition) is 7. The molecule has 0 bridgehead atoms. The molecule has 0 amide bonds. The Morgan fingerprint density at radius 3 is 2.54 bits per heavy atom. The van der Waals surface area contributed by atoms with Gasteiger partial charge in [0.25, 0.3) is 0 Å². The van der Waals surface area contributed by atoms with Crippen molar-refractivity contribution in [2.45, 2.75) is 25.2 Å². The summed E-state index contributed by atoms with van der Waals surface area (Å²) >= 11 is 0. The molecule has 2 aromatic rings. The molecule has 1 N–H and O–H groups in total. The summed E-state index contributed by atoms with van der Waals surface area (Å²) in [5.74, 6) is 2.25. The molecule has 1 aromatic carbocycles. The van der Waals surface area contributed by atoms with Crippen LogP contribution < -0.4 is 15.0 Å². The van der Waals surface area contributed by atoms with E-state index in [-0.39, 0.29) is 5.79 Å². The van der Waals surface area contributed by atoms with Crippen LogP contribution in [-0.4, -0.2) is 49.2 Å². The van der Waals surface area contributed by atoms with E-state index in [0.717, 1.165) is 43.3 Å². The van der Waals surface area contributed by atoms with Crippen LogP contribution in [0, 0.1) is 0 Å². The van der Waals surface area contributed by atoms with Gasteiger partial charge in [-0.3, -0.25) is 0 Å². The van der Waals surface area contributed by atoms with Gasteiger partial charge in [-0.15, -0.1) is 0 Å². The Kier molecular flexibility index (Phi) is 4.90. The molecule has 0 radical (unpaired) electrons. The van der Waals surface area contributed by atoms with Crippen LogP contribution in [0.15, 0.2) is 36.7 Å². The number of piperidine rings is 1. The first-order valence-corrected chi connectivity index (χ1v) is 8.98. The van der Waals surface area contributed by atoms with Crippen molar-refractivity contribution < 1.29 is 14.2 Å². The van der Waals surface area contributed by atoms with Gasteiger partial charge in [-0.25, -0.2) is 9.97 Å². The lowest BCUT2D eigenvalue weighted by molar-refractivity contribution is -0.169. The van der Waals surface area contributed by atoms with Crippen molar-refractivity contribution in [1.82, 2.24) is 9.97 Å². The van der Waals surface area contributed by atoms with Crippen molar-refractivity contribution in [2.75, 3.05) is 43.6 Å². The Balaban J connectivity index is 1.35. The van der Waals surface area contributed by atoms with Gasteiger partial charge in [0, 0.05) is 38.5 Å². The minimum absolute atomic E-state index is 0.362. The van der Waals surface area contributed by atoms with E-state index < -0.39 is 0 Å². The van der Waals surface area contributed by atoms with Gasteiger partial charge in [-0.05, 0) is 17.7 Å². The van der Waals surface area contributed by atoms with Crippen LogP contribution in [0.5, 0.6) is 5.75 Å². The molecule has 0 atom stereocenters. The molecular formula is C19H24N4O3. The summed E-state index contributed by atoms with van der Waals surface area (Å²) in [6, 6.07) is 10.00. The van der Waals surface area contributed by atoms with Gasteiger partial charge in [0.15, 0.2) is 5.79 Å². The topological polar surface area (TPSA) is 68.7 Å². The second-order valence-electron chi connectivity index (χ2n) is 6.56. The van der Waals surface area contributed by atoms with E-state index >= 15 is 0 Å². The number of benzene rings is 1. The molecule has 0 aliphatic carbocycles. The molecular weight excluding hydrogens is 332 g/mol. The molecule has 2 saturated heterocycles. The van der Waals surface area contributed by atoms with Crippen molar-refractivity contribution in [2.24, 2.45) is 0 Å². The van der Waals surface area contributed by atoms with E-state index in [1.807, 2.05) is 30.3 Å². The smallest absolute Gasteiger partial charge is 0.171 e. The van der Waals surface area contributed by atoms with Gasteiger partial charge in [0.2, 0.25) is 0 Å². The fourth-order valence-electron chi connectivity index (χ4n) is 3.41. The first-order valence-electron chi connectivity index (χ1n) is 8.98. The molecule has 7 heteroatoms. The summed E-state index contributed by atoms with van der Waals surface area (Å²) in [6.45, 7) is 3.84. The lowest BCUT2D eigenvalue weighted by atomic mass is 10.0. The largest absolute Gasteiger partial charge is 0.497 e. The van der Waals surface area contributed by atoms with Gasteiger partial charge >= 0.3 is 0 Å². The van der Waals surface area contributed by atoms with Crippen molar-refractivity contribution >= 4 is 11.6 Å². The second kappa shape index (κ2) is 7.47. The van der Waals surface area contributed by atoms with Crippen molar-refractivity contribution in [3.8, 4) is 5.75 Å². The lowest BCUT2D eigenvalue weighted by Crippen LogP contribution is -2.45. The van der Waals surface area contributed by atoms with E-state index in [9.17, 15) is 0 Å². The number of nitrogens with one attached hydrogen (secondary N) is 1. The Hall–Kier alpha value is -2.38. The molecule has 26 heavy (non-hydrogen) atoms. The monoisotopic (exact) mass is 356 g/mol. The summed E-state index contributed by atoms with van der Waals surface area (Å²) < 4.78 is 16.8. The molecule has 4 rings (SSSR count). The average Bonchev–Trinajstić information content (AvgIpc) is 3.15. The van der Waals surface area contributed by atoms with Crippen LogP contribution in [-0.2, 0) is 16.0 Å². The van der Waals surface area contributed by atoms with Crippen LogP contribution >= 0.6 is 0 Å². The predicted molar refractivity (Wildman–Crippen MR) is 98.4 cm³/mol. The van der Waals surface area contributed by atoms with Crippen molar-refractivity contribution in [3.05, 3.63) is 42.2 Å². The maximum Gasteiger partial charge on any atom is 0.171 e. The van der Waals surface area contributed by atoms with Gasteiger partial charge in [0.05, 0.1) is 20.3 Å². The maximum atomic E-state index is 5.79. The van der Waals surface area contributed by atoms with Crippen LogP contribution in [0.25, 0.3) is 0 Å². The molecule has 0 saturated carbocycles.